The highest BCUT2D eigenvalue weighted by atomic mass is 35.5. The summed E-state index contributed by atoms with van der Waals surface area (Å²) in [5.74, 6) is -0.492. The average molecular weight is 1140 g/mol. The van der Waals surface area contributed by atoms with Gasteiger partial charge in [-0.05, 0) is 147 Å². The molecule has 0 spiro atoms. The fraction of sp³-hybridized carbons (Fsp3) is 0.346. The molecule has 4 heterocycles. The highest BCUT2D eigenvalue weighted by Crippen LogP contribution is 2.30. The van der Waals surface area contributed by atoms with Crippen molar-refractivity contribution in [3.8, 4) is 0 Å². The fourth-order valence-corrected chi connectivity index (χ4v) is 15.4. The predicted molar refractivity (Wildman–Crippen MR) is 297 cm³/mol. The number of benzene rings is 4. The molecule has 15 nitrogen and oxygen atoms in total. The summed E-state index contributed by atoms with van der Waals surface area (Å²) in [5.41, 5.74) is 4.03. The Bertz CT molecular complexity index is 3180. The summed E-state index contributed by atoms with van der Waals surface area (Å²) in [6, 6.07) is 35.2. The van der Waals surface area contributed by atoms with Crippen LogP contribution >= 0.6 is 45.9 Å². The van der Waals surface area contributed by atoms with Gasteiger partial charge >= 0.3 is 0 Å². The topological polar surface area (TPSA) is 203 Å². The number of sulfonamides is 3. The van der Waals surface area contributed by atoms with Crippen LogP contribution in [0.1, 0.15) is 88.4 Å². The highest BCUT2D eigenvalue weighted by molar-refractivity contribution is 7.91. The molecule has 0 aliphatic carbocycles. The van der Waals surface area contributed by atoms with Gasteiger partial charge in [0.25, 0.3) is 31.9 Å². The number of halogens is 2. The van der Waals surface area contributed by atoms with E-state index in [2.05, 4.69) is 51.1 Å². The summed E-state index contributed by atoms with van der Waals surface area (Å²) in [6.45, 7) is 6.66. The zero-order valence-corrected chi connectivity index (χ0v) is 46.7. The Kier molecular flexibility index (Phi) is 20.2. The lowest BCUT2D eigenvalue weighted by Gasteiger charge is -2.31. The van der Waals surface area contributed by atoms with E-state index in [0.717, 1.165) is 58.9 Å². The van der Waals surface area contributed by atoms with Gasteiger partial charge in [-0.3, -0.25) is 9.59 Å². The molecule has 8 rings (SSSR count). The molecule has 2 aliphatic heterocycles. The maximum atomic E-state index is 13.3. The third kappa shape index (κ3) is 15.6. The lowest BCUT2D eigenvalue weighted by Crippen LogP contribution is -2.42. The lowest BCUT2D eigenvalue weighted by molar-refractivity contribution is 0.0943. The molecule has 396 valence electrons. The molecule has 6 aromatic rings. The standard InChI is InChI=1S/C27H33ClN4O5S3.C25H28ClN3O3S2/c1-2-3-15-30-39(34,35)25-6-4-5-23(18-25)31-22-13-16-32(17-14-22)40(36,37)26-12-11-24(38-26)19-29-27(33)20-7-9-21(28)10-8-20;1-2-18-4-3-5-22(16-18)28-21-12-14-29(15-13-21)34(31,32)24-11-10-23(33-24)17-27-25(30)19-6-8-20(26)9-7-19/h4-12,18,22,30-31H,2-3,13-17,19H2,1H3,(H,29,33);3-11,16,21,28H,2,12-15,17H2,1H3,(H,27,30). The number of anilines is 2. The van der Waals surface area contributed by atoms with E-state index in [1.807, 2.05) is 19.1 Å². The van der Waals surface area contributed by atoms with Crippen LogP contribution in [0, 0.1) is 0 Å². The third-order valence-corrected chi connectivity index (χ3v) is 21.3. The van der Waals surface area contributed by atoms with Crippen LogP contribution in [0.15, 0.2) is 135 Å². The van der Waals surface area contributed by atoms with Crippen molar-refractivity contribution in [3.05, 3.63) is 158 Å². The zero-order chi connectivity index (χ0) is 52.9. The van der Waals surface area contributed by atoms with E-state index in [1.54, 1.807) is 95.3 Å². The number of rotatable bonds is 20. The fourth-order valence-electron chi connectivity index (χ4n) is 8.23. The first kappa shape index (κ1) is 56.8. The predicted octanol–water partition coefficient (Wildman–Crippen LogP) is 9.83. The number of carbonyl (C=O) groups excluding carboxylic acids is 2. The van der Waals surface area contributed by atoms with Gasteiger partial charge in [0.1, 0.15) is 8.42 Å². The van der Waals surface area contributed by atoms with E-state index < -0.39 is 30.1 Å². The molecule has 5 N–H and O–H groups in total. The number of carbonyl (C=O) groups is 2. The van der Waals surface area contributed by atoms with Gasteiger partial charge in [-0.15, -0.1) is 22.7 Å². The van der Waals surface area contributed by atoms with Crippen molar-refractivity contribution in [2.45, 2.75) is 97.3 Å². The van der Waals surface area contributed by atoms with Crippen LogP contribution in [0.25, 0.3) is 0 Å². The van der Waals surface area contributed by atoms with Gasteiger partial charge in [-0.2, -0.15) is 8.61 Å². The minimum Gasteiger partial charge on any atom is -0.382 e. The van der Waals surface area contributed by atoms with E-state index in [0.29, 0.717) is 76.6 Å². The summed E-state index contributed by atoms with van der Waals surface area (Å²) in [4.78, 5) is 26.4. The van der Waals surface area contributed by atoms with Crippen LogP contribution in [-0.4, -0.2) is 90.5 Å². The highest BCUT2D eigenvalue weighted by Gasteiger charge is 2.32. The van der Waals surface area contributed by atoms with Crippen molar-refractivity contribution in [2.75, 3.05) is 43.4 Å². The molecule has 0 atom stereocenters. The number of thiophene rings is 2. The van der Waals surface area contributed by atoms with Crippen LogP contribution in [0.5, 0.6) is 0 Å². The maximum Gasteiger partial charge on any atom is 0.252 e. The van der Waals surface area contributed by atoms with Gasteiger partial charge < -0.3 is 21.3 Å². The first-order valence-electron chi connectivity index (χ1n) is 24.4. The second kappa shape index (κ2) is 26.3. The molecule has 2 fully saturated rings. The van der Waals surface area contributed by atoms with E-state index in [1.165, 1.54) is 21.2 Å². The molecular formula is C52H61Cl2N7O8S5. The molecule has 74 heavy (non-hydrogen) atoms. The minimum atomic E-state index is -3.66. The molecule has 2 aliphatic rings. The van der Waals surface area contributed by atoms with Gasteiger partial charge in [0.15, 0.2) is 0 Å². The first-order chi connectivity index (χ1) is 35.4. The third-order valence-electron chi connectivity index (χ3n) is 12.5. The van der Waals surface area contributed by atoms with Crippen LogP contribution in [-0.2, 0) is 49.6 Å². The van der Waals surface area contributed by atoms with Gasteiger partial charge in [0.2, 0.25) is 10.0 Å². The van der Waals surface area contributed by atoms with Gasteiger partial charge in [0, 0.05) is 87.1 Å². The van der Waals surface area contributed by atoms with E-state index in [4.69, 9.17) is 23.2 Å². The molecule has 2 saturated heterocycles. The number of piperidine rings is 2. The minimum absolute atomic E-state index is 0.0134. The van der Waals surface area contributed by atoms with Gasteiger partial charge in [0.05, 0.1) is 18.0 Å². The van der Waals surface area contributed by atoms with Crippen molar-refractivity contribution in [1.29, 1.82) is 0 Å². The Morgan fingerprint density at radius 1 is 0.581 bits per heavy atom. The SMILES string of the molecule is CCCCNS(=O)(=O)c1cccc(NC2CCN(S(=O)(=O)c3ccc(CNC(=O)c4ccc(Cl)cc4)s3)CC2)c1.CCc1cccc(NC2CCN(S(=O)(=O)c3ccc(CNC(=O)c4ccc(Cl)cc4)s3)CC2)c1. The summed E-state index contributed by atoms with van der Waals surface area (Å²) >= 11 is 14.1. The molecule has 0 unspecified atom stereocenters. The largest absolute Gasteiger partial charge is 0.382 e. The van der Waals surface area contributed by atoms with Crippen LogP contribution in [0.2, 0.25) is 10.0 Å². The van der Waals surface area contributed by atoms with Crippen molar-refractivity contribution in [2.24, 2.45) is 0 Å². The molecule has 0 saturated carbocycles. The van der Waals surface area contributed by atoms with E-state index >= 15 is 0 Å². The lowest BCUT2D eigenvalue weighted by atomic mass is 10.1. The summed E-state index contributed by atoms with van der Waals surface area (Å²) < 4.78 is 84.2. The summed E-state index contributed by atoms with van der Waals surface area (Å²) in [7, 11) is -10.8. The molecule has 0 radical (unpaired) electrons. The Morgan fingerprint density at radius 2 is 1.03 bits per heavy atom. The number of unbranched alkanes of at least 4 members (excludes halogenated alkanes) is 1. The van der Waals surface area contributed by atoms with Crippen molar-refractivity contribution in [3.63, 3.8) is 0 Å². The van der Waals surface area contributed by atoms with E-state index in [9.17, 15) is 34.8 Å². The number of aryl methyl sites for hydroxylation is 1. The Labute approximate surface area is 453 Å². The van der Waals surface area contributed by atoms with Crippen LogP contribution in [0.3, 0.4) is 0 Å². The molecule has 4 aromatic carbocycles. The second-order valence-corrected chi connectivity index (χ2v) is 27.1. The van der Waals surface area contributed by atoms with Crippen molar-refractivity contribution < 1.29 is 34.8 Å². The number of amides is 2. The zero-order valence-electron chi connectivity index (χ0n) is 41.1. The molecule has 2 aromatic heterocycles. The molecule has 0 bridgehead atoms. The second-order valence-electron chi connectivity index (χ2n) is 17.8. The van der Waals surface area contributed by atoms with Crippen molar-refractivity contribution in [1.82, 2.24) is 24.0 Å². The quantitative estimate of drug-likeness (QED) is 0.0458. The van der Waals surface area contributed by atoms with Crippen LogP contribution in [0.4, 0.5) is 11.4 Å². The Balaban J connectivity index is 0.000000219. The number of nitrogens with zero attached hydrogens (tertiary/aromatic N) is 2. The molecular weight excluding hydrogens is 1080 g/mol. The monoisotopic (exact) mass is 1140 g/mol. The molecule has 22 heteroatoms. The van der Waals surface area contributed by atoms with Gasteiger partial charge in [-0.1, -0.05) is 61.7 Å². The Hall–Kier alpha value is -4.87. The summed E-state index contributed by atoms with van der Waals surface area (Å²) in [5, 5.41) is 13.6. The normalized spacial score (nSPS) is 15.2. The smallest absolute Gasteiger partial charge is 0.252 e. The maximum absolute atomic E-state index is 13.3. The first-order valence-corrected chi connectivity index (χ1v) is 31.2. The number of nitrogens with one attached hydrogen (secondary N) is 5. The number of hydrogen-bond donors (Lipinski definition) is 5. The van der Waals surface area contributed by atoms with Gasteiger partial charge in [-0.25, -0.2) is 30.0 Å². The average Bonchev–Trinajstić information content (AvgIpc) is 4.10. The Morgan fingerprint density at radius 3 is 1.47 bits per heavy atom. The van der Waals surface area contributed by atoms with E-state index in [-0.39, 0.29) is 46.1 Å². The summed E-state index contributed by atoms with van der Waals surface area (Å²) in [6.07, 6.45) is 5.33. The van der Waals surface area contributed by atoms with Crippen molar-refractivity contribution >= 4 is 99.1 Å². The number of hydrogen-bond acceptors (Lipinski definition) is 12. The molecule has 2 amide bonds. The van der Waals surface area contributed by atoms with Crippen LogP contribution < -0.4 is 26.0 Å².